The van der Waals surface area contributed by atoms with Gasteiger partial charge < -0.3 is 9.64 Å². The second-order valence-corrected chi connectivity index (χ2v) is 7.97. The van der Waals surface area contributed by atoms with E-state index in [2.05, 4.69) is 25.7 Å². The van der Waals surface area contributed by atoms with Gasteiger partial charge in [0.1, 0.15) is 11.3 Å². The number of hydrogen-bond acceptors (Lipinski definition) is 5. The van der Waals surface area contributed by atoms with Crippen molar-refractivity contribution in [2.24, 2.45) is 0 Å². The summed E-state index contributed by atoms with van der Waals surface area (Å²) in [4.78, 5) is 22.2. The number of likely N-dealkylation sites (N-methyl/N-ethyl adjacent to an activating group) is 1. The van der Waals surface area contributed by atoms with Crippen molar-refractivity contribution in [1.29, 1.82) is 0 Å². The van der Waals surface area contributed by atoms with Crippen LogP contribution in [0.3, 0.4) is 0 Å². The highest BCUT2D eigenvalue weighted by molar-refractivity contribution is 7.22. The van der Waals surface area contributed by atoms with E-state index in [1.807, 2.05) is 47.4 Å². The smallest absolute Gasteiger partial charge is 0.233 e. The molecule has 1 amide bonds. The molecular weight excluding hydrogens is 418 g/mol. The first-order valence-electron chi connectivity index (χ1n) is 10.1. The van der Waals surface area contributed by atoms with Crippen molar-refractivity contribution >= 4 is 45.0 Å². The summed E-state index contributed by atoms with van der Waals surface area (Å²) in [6, 6.07) is 13.9. The van der Waals surface area contributed by atoms with Crippen LogP contribution in [-0.4, -0.2) is 49.1 Å². The molecule has 0 fully saturated rings. The van der Waals surface area contributed by atoms with Crippen LogP contribution in [0.5, 0.6) is 5.75 Å². The minimum atomic E-state index is 0. The number of hydrogen-bond donors (Lipinski definition) is 0. The standard InChI is InChI=1S/C23H29N3O2S.ClH/c1-5-25(6-2)14-15-26(20(27)16-18-10-8-7-9-11-18)23-24-21-19(28-4)13-12-17(3)22(21)29-23;/h7-13H,5-6,14-16H2,1-4H3;1H. The number of anilines is 1. The second kappa shape index (κ2) is 11.3. The molecule has 0 aliphatic rings. The molecule has 2 aromatic carbocycles. The van der Waals surface area contributed by atoms with Crippen LogP contribution < -0.4 is 9.64 Å². The van der Waals surface area contributed by atoms with Gasteiger partial charge in [0.15, 0.2) is 5.13 Å². The number of halogens is 1. The zero-order valence-corrected chi connectivity index (χ0v) is 19.7. The van der Waals surface area contributed by atoms with Crippen molar-refractivity contribution in [1.82, 2.24) is 9.88 Å². The highest BCUT2D eigenvalue weighted by Crippen LogP contribution is 2.36. The zero-order chi connectivity index (χ0) is 20.8. The molecule has 0 N–H and O–H groups in total. The third kappa shape index (κ3) is 5.50. The normalized spacial score (nSPS) is 10.8. The van der Waals surface area contributed by atoms with Crippen molar-refractivity contribution in [2.45, 2.75) is 27.2 Å². The Hall–Kier alpha value is -2.15. The summed E-state index contributed by atoms with van der Waals surface area (Å²) in [6.45, 7) is 9.72. The molecule has 1 heterocycles. The van der Waals surface area contributed by atoms with E-state index in [1.165, 1.54) is 0 Å². The molecule has 7 heteroatoms. The van der Waals surface area contributed by atoms with E-state index in [9.17, 15) is 4.79 Å². The molecule has 0 aliphatic carbocycles. The minimum Gasteiger partial charge on any atom is -0.494 e. The van der Waals surface area contributed by atoms with Crippen LogP contribution in [-0.2, 0) is 11.2 Å². The third-order valence-electron chi connectivity index (χ3n) is 5.18. The first-order valence-corrected chi connectivity index (χ1v) is 10.9. The number of carbonyl (C=O) groups excluding carboxylic acids is 1. The van der Waals surface area contributed by atoms with Gasteiger partial charge in [0.2, 0.25) is 5.91 Å². The van der Waals surface area contributed by atoms with Crippen LogP contribution in [0.2, 0.25) is 0 Å². The van der Waals surface area contributed by atoms with Gasteiger partial charge in [0.05, 0.1) is 18.2 Å². The van der Waals surface area contributed by atoms with Crippen molar-refractivity contribution in [3.8, 4) is 5.75 Å². The summed E-state index contributed by atoms with van der Waals surface area (Å²) in [5.74, 6) is 0.811. The van der Waals surface area contributed by atoms with E-state index in [4.69, 9.17) is 9.72 Å². The van der Waals surface area contributed by atoms with Crippen molar-refractivity contribution in [3.63, 3.8) is 0 Å². The number of ether oxygens (including phenoxy) is 1. The van der Waals surface area contributed by atoms with E-state index >= 15 is 0 Å². The van der Waals surface area contributed by atoms with E-state index in [0.29, 0.717) is 13.0 Å². The first-order chi connectivity index (χ1) is 14.1. The average molecular weight is 448 g/mol. The Bertz CT molecular complexity index is 958. The summed E-state index contributed by atoms with van der Waals surface area (Å²) >= 11 is 1.56. The molecule has 0 saturated heterocycles. The monoisotopic (exact) mass is 447 g/mol. The number of benzene rings is 2. The fourth-order valence-corrected chi connectivity index (χ4v) is 4.45. The Balaban J connectivity index is 0.00000320. The summed E-state index contributed by atoms with van der Waals surface area (Å²) in [5, 5.41) is 0.737. The molecule has 0 atom stereocenters. The molecule has 5 nitrogen and oxygen atoms in total. The van der Waals surface area contributed by atoms with E-state index in [0.717, 1.165) is 51.9 Å². The molecule has 0 saturated carbocycles. The molecule has 0 radical (unpaired) electrons. The number of carbonyl (C=O) groups is 1. The number of aryl methyl sites for hydroxylation is 1. The van der Waals surface area contributed by atoms with Crippen LogP contribution in [0.1, 0.15) is 25.0 Å². The summed E-state index contributed by atoms with van der Waals surface area (Å²) in [5.41, 5.74) is 2.98. The Kier molecular flexibility index (Phi) is 9.08. The second-order valence-electron chi connectivity index (χ2n) is 6.99. The predicted molar refractivity (Wildman–Crippen MR) is 128 cm³/mol. The first kappa shape index (κ1) is 24.1. The van der Waals surface area contributed by atoms with Crippen LogP contribution in [0.25, 0.3) is 10.2 Å². The summed E-state index contributed by atoms with van der Waals surface area (Å²) in [6.07, 6.45) is 0.366. The highest BCUT2D eigenvalue weighted by atomic mass is 35.5. The quantitative estimate of drug-likeness (QED) is 0.465. The van der Waals surface area contributed by atoms with E-state index in [1.54, 1.807) is 18.4 Å². The van der Waals surface area contributed by atoms with E-state index < -0.39 is 0 Å². The Morgan fingerprint density at radius 3 is 2.40 bits per heavy atom. The van der Waals surface area contributed by atoms with Gasteiger partial charge in [-0.3, -0.25) is 9.69 Å². The lowest BCUT2D eigenvalue weighted by atomic mass is 10.1. The topological polar surface area (TPSA) is 45.7 Å². The summed E-state index contributed by atoms with van der Waals surface area (Å²) in [7, 11) is 1.65. The van der Waals surface area contributed by atoms with Gasteiger partial charge in [-0.15, -0.1) is 12.4 Å². The highest BCUT2D eigenvalue weighted by Gasteiger charge is 2.22. The van der Waals surface area contributed by atoms with Gasteiger partial charge in [-0.05, 0) is 37.2 Å². The lowest BCUT2D eigenvalue weighted by molar-refractivity contribution is -0.118. The minimum absolute atomic E-state index is 0. The van der Waals surface area contributed by atoms with Gasteiger partial charge in [-0.1, -0.05) is 61.6 Å². The van der Waals surface area contributed by atoms with Crippen molar-refractivity contribution in [3.05, 3.63) is 53.6 Å². The number of thiazole rings is 1. The van der Waals surface area contributed by atoms with E-state index in [-0.39, 0.29) is 18.3 Å². The number of aromatic nitrogens is 1. The number of nitrogens with zero attached hydrogens (tertiary/aromatic N) is 3. The van der Waals surface area contributed by atoms with Crippen LogP contribution in [0.4, 0.5) is 5.13 Å². The molecule has 0 bridgehead atoms. The lowest BCUT2D eigenvalue weighted by Gasteiger charge is -2.24. The molecule has 162 valence electrons. The largest absolute Gasteiger partial charge is 0.494 e. The van der Waals surface area contributed by atoms with Crippen molar-refractivity contribution in [2.75, 3.05) is 38.2 Å². The van der Waals surface area contributed by atoms with Gasteiger partial charge in [0, 0.05) is 13.1 Å². The van der Waals surface area contributed by atoms with Crippen LogP contribution >= 0.6 is 23.7 Å². The average Bonchev–Trinajstić information content (AvgIpc) is 3.18. The number of methoxy groups -OCH3 is 1. The Labute approximate surface area is 189 Å². The lowest BCUT2D eigenvalue weighted by Crippen LogP contribution is -2.39. The van der Waals surface area contributed by atoms with Crippen molar-refractivity contribution < 1.29 is 9.53 Å². The molecular formula is C23H30ClN3O2S. The molecule has 3 rings (SSSR count). The molecule has 1 aromatic heterocycles. The fourth-order valence-electron chi connectivity index (χ4n) is 3.35. The molecule has 30 heavy (non-hydrogen) atoms. The van der Waals surface area contributed by atoms with Gasteiger partial charge in [-0.25, -0.2) is 4.98 Å². The van der Waals surface area contributed by atoms with Gasteiger partial charge in [0.25, 0.3) is 0 Å². The predicted octanol–water partition coefficient (Wildman–Crippen LogP) is 4.95. The zero-order valence-electron chi connectivity index (χ0n) is 18.1. The Morgan fingerprint density at radius 2 is 1.77 bits per heavy atom. The van der Waals surface area contributed by atoms with Gasteiger partial charge in [-0.2, -0.15) is 0 Å². The molecule has 3 aromatic rings. The Morgan fingerprint density at radius 1 is 1.07 bits per heavy atom. The molecule has 0 unspecified atom stereocenters. The summed E-state index contributed by atoms with van der Waals surface area (Å²) < 4.78 is 6.57. The molecule has 0 spiro atoms. The van der Waals surface area contributed by atoms with Crippen LogP contribution in [0, 0.1) is 6.92 Å². The number of fused-ring (bicyclic) bond motifs is 1. The van der Waals surface area contributed by atoms with Gasteiger partial charge >= 0.3 is 0 Å². The van der Waals surface area contributed by atoms with Crippen LogP contribution in [0.15, 0.2) is 42.5 Å². The maximum Gasteiger partial charge on any atom is 0.233 e. The maximum absolute atomic E-state index is 13.3. The molecule has 0 aliphatic heterocycles. The number of rotatable bonds is 9. The number of amides is 1. The third-order valence-corrected chi connectivity index (χ3v) is 6.39. The maximum atomic E-state index is 13.3. The SMILES string of the molecule is CCN(CC)CCN(C(=O)Cc1ccccc1)c1nc2c(OC)ccc(C)c2s1.Cl. The fraction of sp³-hybridized carbons (Fsp3) is 0.391.